The van der Waals surface area contributed by atoms with Crippen LogP contribution in [0.1, 0.15) is 36.0 Å². The molecule has 1 heterocycles. The number of ketones is 1. The van der Waals surface area contributed by atoms with Gasteiger partial charge in [0.2, 0.25) is 0 Å². The maximum atomic E-state index is 12.2. The Hall–Kier alpha value is -1.42. The lowest BCUT2D eigenvalue weighted by molar-refractivity contribution is 0.0871. The smallest absolute Gasteiger partial charge is 0.171 e. The fourth-order valence-corrected chi connectivity index (χ4v) is 2.30. The van der Waals surface area contributed by atoms with Crippen LogP contribution >= 0.6 is 0 Å². The average molecular weight is 219 g/mol. The van der Waals surface area contributed by atoms with Crippen molar-refractivity contribution in [1.82, 2.24) is 4.98 Å². The summed E-state index contributed by atoms with van der Waals surface area (Å²) in [6, 6.07) is 1.63. The standard InChI is InChI=1S/C12H17N3O/c13-10-4-2-1-3-8(10)12(16)9-7-15-6-5-11(9)14/h5-8,10H,1-4,13H2,(H2,14,15). The van der Waals surface area contributed by atoms with E-state index in [1.165, 1.54) is 0 Å². The number of hydrogen-bond donors (Lipinski definition) is 2. The van der Waals surface area contributed by atoms with Crippen molar-refractivity contribution in [3.8, 4) is 0 Å². The highest BCUT2D eigenvalue weighted by atomic mass is 16.1. The third-order valence-corrected chi connectivity index (χ3v) is 3.28. The Balaban J connectivity index is 2.21. The molecule has 0 spiro atoms. The van der Waals surface area contributed by atoms with Gasteiger partial charge in [-0.15, -0.1) is 0 Å². The topological polar surface area (TPSA) is 82.0 Å². The number of pyridine rings is 1. The fourth-order valence-electron chi connectivity index (χ4n) is 2.30. The Morgan fingerprint density at radius 2 is 2.12 bits per heavy atom. The van der Waals surface area contributed by atoms with Gasteiger partial charge in [-0.3, -0.25) is 9.78 Å². The SMILES string of the molecule is Nc1ccncc1C(=O)C1CCCCC1N. The van der Waals surface area contributed by atoms with Crippen molar-refractivity contribution >= 4 is 11.5 Å². The van der Waals surface area contributed by atoms with Crippen molar-refractivity contribution in [1.29, 1.82) is 0 Å². The van der Waals surface area contributed by atoms with Crippen molar-refractivity contribution in [2.75, 3.05) is 5.73 Å². The molecule has 4 heteroatoms. The quantitative estimate of drug-likeness (QED) is 0.736. The van der Waals surface area contributed by atoms with E-state index in [-0.39, 0.29) is 17.7 Å². The number of nitrogens with two attached hydrogens (primary N) is 2. The van der Waals surface area contributed by atoms with E-state index >= 15 is 0 Å². The minimum atomic E-state index is -0.0831. The Morgan fingerprint density at radius 3 is 2.81 bits per heavy atom. The molecule has 1 aliphatic carbocycles. The van der Waals surface area contributed by atoms with Gasteiger partial charge in [0, 0.05) is 30.0 Å². The summed E-state index contributed by atoms with van der Waals surface area (Å²) in [5, 5.41) is 0. The van der Waals surface area contributed by atoms with E-state index in [1.807, 2.05) is 0 Å². The molecule has 86 valence electrons. The maximum Gasteiger partial charge on any atom is 0.171 e. The number of nitrogen functional groups attached to an aromatic ring is 1. The van der Waals surface area contributed by atoms with E-state index in [9.17, 15) is 4.79 Å². The van der Waals surface area contributed by atoms with Crippen LogP contribution in [-0.4, -0.2) is 16.8 Å². The molecule has 4 nitrogen and oxygen atoms in total. The van der Waals surface area contributed by atoms with Crippen molar-refractivity contribution in [3.05, 3.63) is 24.0 Å². The van der Waals surface area contributed by atoms with Crippen molar-refractivity contribution in [3.63, 3.8) is 0 Å². The van der Waals surface area contributed by atoms with E-state index in [1.54, 1.807) is 18.5 Å². The molecule has 1 aliphatic rings. The minimum Gasteiger partial charge on any atom is -0.398 e. The van der Waals surface area contributed by atoms with Crippen LogP contribution in [0.2, 0.25) is 0 Å². The normalized spacial score (nSPS) is 25.3. The number of hydrogen-bond acceptors (Lipinski definition) is 4. The molecule has 4 N–H and O–H groups in total. The number of anilines is 1. The molecule has 2 unspecified atom stereocenters. The Labute approximate surface area is 95.0 Å². The monoisotopic (exact) mass is 219 g/mol. The molecular formula is C12H17N3O. The van der Waals surface area contributed by atoms with Crippen LogP contribution in [0.15, 0.2) is 18.5 Å². The first kappa shape index (κ1) is 11.1. The van der Waals surface area contributed by atoms with E-state index < -0.39 is 0 Å². The molecule has 0 radical (unpaired) electrons. The first-order valence-corrected chi connectivity index (χ1v) is 5.69. The summed E-state index contributed by atoms with van der Waals surface area (Å²) in [6.07, 6.45) is 7.12. The molecule has 0 amide bonds. The van der Waals surface area contributed by atoms with E-state index in [0.29, 0.717) is 11.3 Å². The summed E-state index contributed by atoms with van der Waals surface area (Å²) in [7, 11) is 0. The second-order valence-corrected chi connectivity index (χ2v) is 4.38. The van der Waals surface area contributed by atoms with Gasteiger partial charge in [0.25, 0.3) is 0 Å². The molecule has 0 saturated heterocycles. The molecule has 1 aromatic rings. The molecule has 1 fully saturated rings. The van der Waals surface area contributed by atoms with E-state index in [4.69, 9.17) is 11.5 Å². The lowest BCUT2D eigenvalue weighted by Crippen LogP contribution is -2.38. The van der Waals surface area contributed by atoms with Gasteiger partial charge in [0.15, 0.2) is 5.78 Å². The van der Waals surface area contributed by atoms with Gasteiger partial charge < -0.3 is 11.5 Å². The molecule has 2 rings (SSSR count). The zero-order valence-corrected chi connectivity index (χ0v) is 9.23. The predicted octanol–water partition coefficient (Wildman–Crippen LogP) is 1.36. The van der Waals surface area contributed by atoms with Crippen LogP contribution in [-0.2, 0) is 0 Å². The van der Waals surface area contributed by atoms with Gasteiger partial charge in [0.1, 0.15) is 0 Å². The molecule has 0 aromatic carbocycles. The first-order chi connectivity index (χ1) is 7.70. The van der Waals surface area contributed by atoms with Gasteiger partial charge in [-0.1, -0.05) is 12.8 Å². The molecule has 1 aromatic heterocycles. The second kappa shape index (κ2) is 4.61. The Morgan fingerprint density at radius 1 is 1.38 bits per heavy atom. The maximum absolute atomic E-state index is 12.2. The number of aromatic nitrogens is 1. The van der Waals surface area contributed by atoms with E-state index in [0.717, 1.165) is 25.7 Å². The largest absolute Gasteiger partial charge is 0.398 e. The van der Waals surface area contributed by atoms with Gasteiger partial charge in [-0.2, -0.15) is 0 Å². The summed E-state index contributed by atoms with van der Waals surface area (Å²) in [5.41, 5.74) is 12.8. The fraction of sp³-hybridized carbons (Fsp3) is 0.500. The zero-order valence-electron chi connectivity index (χ0n) is 9.23. The van der Waals surface area contributed by atoms with Crippen molar-refractivity contribution in [2.24, 2.45) is 11.7 Å². The molecule has 1 saturated carbocycles. The van der Waals surface area contributed by atoms with Crippen LogP contribution in [0.4, 0.5) is 5.69 Å². The first-order valence-electron chi connectivity index (χ1n) is 5.69. The zero-order chi connectivity index (χ0) is 11.5. The molecule has 2 atom stereocenters. The number of carbonyl (C=O) groups is 1. The van der Waals surface area contributed by atoms with Gasteiger partial charge in [-0.05, 0) is 18.9 Å². The van der Waals surface area contributed by atoms with Crippen molar-refractivity contribution < 1.29 is 4.79 Å². The number of carbonyl (C=O) groups excluding carboxylic acids is 1. The summed E-state index contributed by atoms with van der Waals surface area (Å²) in [6.45, 7) is 0. The number of Topliss-reactive ketones (excluding diaryl/α,β-unsaturated/α-hetero) is 1. The average Bonchev–Trinajstić information content (AvgIpc) is 2.29. The predicted molar refractivity (Wildman–Crippen MR) is 62.9 cm³/mol. The summed E-state index contributed by atoms with van der Waals surface area (Å²) in [4.78, 5) is 16.2. The van der Waals surface area contributed by atoms with Crippen LogP contribution in [0, 0.1) is 5.92 Å². The van der Waals surface area contributed by atoms with E-state index in [2.05, 4.69) is 4.98 Å². The minimum absolute atomic E-state index is 0.0270. The van der Waals surface area contributed by atoms with Gasteiger partial charge >= 0.3 is 0 Å². The lowest BCUT2D eigenvalue weighted by Gasteiger charge is -2.27. The van der Waals surface area contributed by atoms with Crippen LogP contribution in [0.5, 0.6) is 0 Å². The highest BCUT2D eigenvalue weighted by Gasteiger charge is 2.29. The molecule has 0 bridgehead atoms. The molecule has 16 heavy (non-hydrogen) atoms. The number of rotatable bonds is 2. The third-order valence-electron chi connectivity index (χ3n) is 3.28. The Kier molecular flexibility index (Phi) is 3.19. The summed E-state index contributed by atoms with van der Waals surface area (Å²) in [5.74, 6) is -0.0296. The highest BCUT2D eigenvalue weighted by molar-refractivity contribution is 6.02. The highest BCUT2D eigenvalue weighted by Crippen LogP contribution is 2.27. The summed E-state index contributed by atoms with van der Waals surface area (Å²) < 4.78 is 0. The molecular weight excluding hydrogens is 202 g/mol. The molecule has 0 aliphatic heterocycles. The Bertz CT molecular complexity index is 392. The van der Waals surface area contributed by atoms with Gasteiger partial charge in [-0.25, -0.2) is 0 Å². The number of nitrogens with zero attached hydrogens (tertiary/aromatic N) is 1. The van der Waals surface area contributed by atoms with Gasteiger partial charge in [0.05, 0.1) is 5.56 Å². The van der Waals surface area contributed by atoms with Crippen LogP contribution in [0.3, 0.4) is 0 Å². The van der Waals surface area contributed by atoms with Crippen LogP contribution < -0.4 is 11.5 Å². The third kappa shape index (κ3) is 2.07. The van der Waals surface area contributed by atoms with Crippen molar-refractivity contribution in [2.45, 2.75) is 31.7 Å². The lowest BCUT2D eigenvalue weighted by atomic mass is 9.80. The second-order valence-electron chi connectivity index (χ2n) is 4.38. The summed E-state index contributed by atoms with van der Waals surface area (Å²) >= 11 is 0. The van der Waals surface area contributed by atoms with Crippen LogP contribution in [0.25, 0.3) is 0 Å².